The van der Waals surface area contributed by atoms with Crippen LogP contribution in [-0.2, 0) is 20.2 Å². The van der Waals surface area contributed by atoms with Gasteiger partial charge in [-0.1, -0.05) is 12.8 Å². The molecule has 32 heavy (non-hydrogen) atoms. The number of fused-ring (bicyclic) bond motifs is 3. The molecule has 1 spiro atoms. The van der Waals surface area contributed by atoms with Crippen molar-refractivity contribution in [2.45, 2.75) is 63.8 Å². The van der Waals surface area contributed by atoms with Crippen molar-refractivity contribution < 1.29 is 22.7 Å². The van der Waals surface area contributed by atoms with Gasteiger partial charge in [-0.15, -0.1) is 0 Å². The number of piperidine rings is 1. The van der Waals surface area contributed by atoms with Crippen molar-refractivity contribution in [2.75, 3.05) is 38.6 Å². The quantitative estimate of drug-likeness (QED) is 0.689. The zero-order chi connectivity index (χ0) is 22.5. The highest BCUT2D eigenvalue weighted by molar-refractivity contribution is 7.89. The Balaban J connectivity index is 1.42. The first kappa shape index (κ1) is 22.0. The lowest BCUT2D eigenvalue weighted by molar-refractivity contribution is -0.140. The smallest absolute Gasteiger partial charge is 0.226 e. The van der Waals surface area contributed by atoms with Gasteiger partial charge in [-0.25, -0.2) is 12.7 Å². The number of benzene rings is 1. The van der Waals surface area contributed by atoms with Crippen LogP contribution in [0.15, 0.2) is 12.1 Å². The average Bonchev–Trinajstić information content (AvgIpc) is 3.29. The van der Waals surface area contributed by atoms with Crippen LogP contribution in [0.4, 0.5) is 0 Å². The minimum absolute atomic E-state index is 0.0143. The highest BCUT2D eigenvalue weighted by Gasteiger charge is 2.47. The summed E-state index contributed by atoms with van der Waals surface area (Å²) in [6.45, 7) is 6.54. The van der Waals surface area contributed by atoms with E-state index < -0.39 is 10.0 Å². The van der Waals surface area contributed by atoms with Crippen LogP contribution < -0.4 is 9.47 Å². The Morgan fingerprint density at radius 1 is 1.09 bits per heavy atom. The fourth-order valence-corrected chi connectivity index (χ4v) is 7.30. The molecule has 3 heterocycles. The molecule has 1 atom stereocenters. The van der Waals surface area contributed by atoms with Crippen molar-refractivity contribution in [1.82, 2.24) is 9.21 Å². The summed E-state index contributed by atoms with van der Waals surface area (Å²) in [7, 11) is -3.19. The Kier molecular flexibility index (Phi) is 5.64. The molecule has 0 aromatic heterocycles. The first-order valence-electron chi connectivity index (χ1n) is 12.1. The average molecular weight is 463 g/mol. The molecule has 1 aliphatic carbocycles. The molecule has 7 nitrogen and oxygen atoms in total. The molecule has 8 heteroatoms. The molecule has 1 saturated carbocycles. The van der Waals surface area contributed by atoms with Crippen LogP contribution in [0.5, 0.6) is 11.5 Å². The van der Waals surface area contributed by atoms with Gasteiger partial charge in [0.15, 0.2) is 11.5 Å². The van der Waals surface area contributed by atoms with Crippen molar-refractivity contribution in [1.29, 1.82) is 0 Å². The monoisotopic (exact) mass is 462 g/mol. The summed E-state index contributed by atoms with van der Waals surface area (Å²) in [5.74, 6) is 1.79. The van der Waals surface area contributed by atoms with E-state index in [9.17, 15) is 13.2 Å². The summed E-state index contributed by atoms with van der Waals surface area (Å²) in [6, 6.07) is 4.25. The lowest BCUT2D eigenvalue weighted by atomic mass is 9.71. The van der Waals surface area contributed by atoms with Crippen LogP contribution in [0.25, 0.3) is 0 Å². The third kappa shape index (κ3) is 3.59. The molecule has 0 N–H and O–H groups in total. The summed E-state index contributed by atoms with van der Waals surface area (Å²) in [5, 5.41) is 0. The molecule has 0 bridgehead atoms. The van der Waals surface area contributed by atoms with Gasteiger partial charge in [0.2, 0.25) is 15.9 Å². The normalized spacial score (nSPS) is 25.7. The molecular weight excluding hydrogens is 428 g/mol. The molecule has 176 valence electrons. The second kappa shape index (κ2) is 8.20. The summed E-state index contributed by atoms with van der Waals surface area (Å²) in [5.41, 5.74) is 2.50. The first-order valence-corrected chi connectivity index (χ1v) is 13.7. The van der Waals surface area contributed by atoms with Crippen LogP contribution in [0.2, 0.25) is 0 Å². The zero-order valence-corrected chi connectivity index (χ0v) is 20.0. The number of hydrogen-bond donors (Lipinski definition) is 0. The molecule has 0 radical (unpaired) electrons. The molecule has 3 aliphatic heterocycles. The fraction of sp³-hybridized carbons (Fsp3) is 0.708. The van der Waals surface area contributed by atoms with Gasteiger partial charge < -0.3 is 14.4 Å². The minimum Gasteiger partial charge on any atom is -0.486 e. The molecule has 1 aromatic rings. The summed E-state index contributed by atoms with van der Waals surface area (Å²) >= 11 is 0. The Bertz CT molecular complexity index is 994. The third-order valence-electron chi connectivity index (χ3n) is 8.08. The van der Waals surface area contributed by atoms with Crippen molar-refractivity contribution in [3.05, 3.63) is 23.3 Å². The number of carbonyl (C=O) groups excluding carboxylic acids is 1. The maximum Gasteiger partial charge on any atom is 0.226 e. The largest absolute Gasteiger partial charge is 0.486 e. The number of ether oxygens (including phenoxy) is 2. The van der Waals surface area contributed by atoms with Crippen LogP contribution in [0.1, 0.15) is 69.5 Å². The van der Waals surface area contributed by atoms with Crippen LogP contribution in [0, 0.1) is 5.92 Å². The van der Waals surface area contributed by atoms with E-state index in [0.29, 0.717) is 39.1 Å². The summed E-state index contributed by atoms with van der Waals surface area (Å²) in [4.78, 5) is 15.8. The Morgan fingerprint density at radius 3 is 2.34 bits per heavy atom. The van der Waals surface area contributed by atoms with E-state index in [2.05, 4.69) is 24.0 Å². The van der Waals surface area contributed by atoms with Crippen LogP contribution >= 0.6 is 0 Å². The zero-order valence-electron chi connectivity index (χ0n) is 19.1. The molecule has 2 fully saturated rings. The maximum absolute atomic E-state index is 13.7. The van der Waals surface area contributed by atoms with Crippen molar-refractivity contribution in [3.63, 3.8) is 0 Å². The predicted octanol–water partition coefficient (Wildman–Crippen LogP) is 3.23. The first-order chi connectivity index (χ1) is 15.3. The lowest BCUT2D eigenvalue weighted by Crippen LogP contribution is -2.52. The van der Waals surface area contributed by atoms with Gasteiger partial charge in [0.25, 0.3) is 0 Å². The SMILES string of the molecule is CCS(=O)(=O)N1CCC(C(=O)N2CC3(CCCC3)c3cc4c(cc3C2C)OCCO4)CC1. The predicted molar refractivity (Wildman–Crippen MR) is 121 cm³/mol. The standard InChI is InChI=1S/C24H34N2O5S/c1-3-32(28,29)25-10-6-18(7-11-25)23(27)26-16-24(8-4-5-9-24)20-15-22-21(30-12-13-31-22)14-19(20)17(26)2/h14-15,17-18H,3-13,16H2,1-2H3. The van der Waals surface area contributed by atoms with E-state index in [1.165, 1.54) is 24.0 Å². The maximum atomic E-state index is 13.7. The van der Waals surface area contributed by atoms with Gasteiger partial charge in [0, 0.05) is 31.0 Å². The van der Waals surface area contributed by atoms with E-state index in [0.717, 1.165) is 30.9 Å². The van der Waals surface area contributed by atoms with Gasteiger partial charge in [-0.3, -0.25) is 4.79 Å². The second-order valence-electron chi connectivity index (χ2n) is 9.79. The second-order valence-corrected chi connectivity index (χ2v) is 12.0. The molecular formula is C24H34N2O5S. The topological polar surface area (TPSA) is 76.2 Å². The highest BCUT2D eigenvalue weighted by atomic mass is 32.2. The molecule has 4 aliphatic rings. The molecule has 1 aromatic carbocycles. The molecule has 5 rings (SSSR count). The molecule has 1 unspecified atom stereocenters. The van der Waals surface area contributed by atoms with Crippen LogP contribution in [-0.4, -0.2) is 62.1 Å². The van der Waals surface area contributed by atoms with E-state index in [1.54, 1.807) is 11.2 Å². The molecule has 1 amide bonds. The molecule has 1 saturated heterocycles. The number of nitrogens with zero attached hydrogens (tertiary/aromatic N) is 2. The Morgan fingerprint density at radius 2 is 1.72 bits per heavy atom. The van der Waals surface area contributed by atoms with Gasteiger partial charge in [0.05, 0.1) is 11.8 Å². The van der Waals surface area contributed by atoms with Crippen molar-refractivity contribution in [3.8, 4) is 11.5 Å². The van der Waals surface area contributed by atoms with Crippen molar-refractivity contribution >= 4 is 15.9 Å². The van der Waals surface area contributed by atoms with E-state index in [1.807, 2.05) is 0 Å². The minimum atomic E-state index is -3.19. The fourth-order valence-electron chi connectivity index (χ4n) is 6.17. The summed E-state index contributed by atoms with van der Waals surface area (Å²) in [6.07, 6.45) is 5.73. The van der Waals surface area contributed by atoms with E-state index in [-0.39, 0.29) is 29.0 Å². The van der Waals surface area contributed by atoms with Gasteiger partial charge in [-0.2, -0.15) is 0 Å². The van der Waals surface area contributed by atoms with Crippen LogP contribution in [0.3, 0.4) is 0 Å². The number of amides is 1. The Hall–Kier alpha value is -1.80. The van der Waals surface area contributed by atoms with Gasteiger partial charge in [-0.05, 0) is 62.8 Å². The number of carbonyl (C=O) groups is 1. The lowest BCUT2D eigenvalue weighted by Gasteiger charge is -2.47. The van der Waals surface area contributed by atoms with E-state index in [4.69, 9.17) is 9.47 Å². The third-order valence-corrected chi connectivity index (χ3v) is 9.96. The summed E-state index contributed by atoms with van der Waals surface area (Å²) < 4.78 is 37.7. The number of rotatable bonds is 3. The Labute approximate surface area is 191 Å². The van der Waals surface area contributed by atoms with E-state index >= 15 is 0 Å². The van der Waals surface area contributed by atoms with Gasteiger partial charge in [0.1, 0.15) is 13.2 Å². The highest BCUT2D eigenvalue weighted by Crippen LogP contribution is 2.52. The van der Waals surface area contributed by atoms with Crippen molar-refractivity contribution in [2.24, 2.45) is 5.92 Å². The number of hydrogen-bond acceptors (Lipinski definition) is 5. The van der Waals surface area contributed by atoms with Gasteiger partial charge >= 0.3 is 0 Å². The number of sulfonamides is 1.